The van der Waals surface area contributed by atoms with Gasteiger partial charge >= 0.3 is 0 Å². The van der Waals surface area contributed by atoms with E-state index in [-0.39, 0.29) is 24.2 Å². The second-order valence-electron chi connectivity index (χ2n) is 13.4. The van der Waals surface area contributed by atoms with Gasteiger partial charge in [-0.1, -0.05) is 54.4 Å². The third kappa shape index (κ3) is 9.55. The number of aldehydes is 1. The van der Waals surface area contributed by atoms with E-state index in [1.54, 1.807) is 13.8 Å². The van der Waals surface area contributed by atoms with Gasteiger partial charge < -0.3 is 40.6 Å². The summed E-state index contributed by atoms with van der Waals surface area (Å²) in [6.45, 7) is 15.8. The van der Waals surface area contributed by atoms with Crippen molar-refractivity contribution in [3.63, 3.8) is 0 Å². The number of carbonyl (C=O) groups is 6. The first kappa shape index (κ1) is 41.1. The number of morpholine rings is 1. The van der Waals surface area contributed by atoms with E-state index in [2.05, 4.69) is 21.3 Å². The quantitative estimate of drug-likeness (QED) is 0.0917. The van der Waals surface area contributed by atoms with Crippen LogP contribution < -0.4 is 21.3 Å². The Morgan fingerprint density at radius 1 is 0.957 bits per heavy atom. The number of rotatable bonds is 17. The average molecular weight is 656 g/mol. The molecule has 1 aliphatic rings. The SMILES string of the molecule is CC[C@H](C)[C@H](NC(=O)[C@H]([C@@H](C)CC)N(C)C(C)=O)C(=O)N[C@@H](C(C)=O)C(=O)N[C@@H](CC(C)C)[C@@]1(O)O[C@H](C)[C@@H](C=O)N[C@@]1(C)CO. The minimum atomic E-state index is -2.23. The number of hydrogen-bond acceptors (Lipinski definition) is 10. The fourth-order valence-corrected chi connectivity index (χ4v) is 5.65. The van der Waals surface area contributed by atoms with Crippen molar-refractivity contribution < 1.29 is 43.7 Å². The van der Waals surface area contributed by atoms with Gasteiger partial charge in [0.15, 0.2) is 11.8 Å². The summed E-state index contributed by atoms with van der Waals surface area (Å²) >= 11 is 0. The van der Waals surface area contributed by atoms with Crippen LogP contribution in [0.1, 0.15) is 88.5 Å². The predicted octanol–water partition coefficient (Wildman–Crippen LogP) is 0.0304. The Kier molecular flexibility index (Phi) is 15.4. The van der Waals surface area contributed by atoms with E-state index in [1.807, 2.05) is 34.6 Å². The molecule has 10 atom stereocenters. The molecule has 0 aromatic carbocycles. The number of nitrogens with one attached hydrogen (secondary N) is 4. The Balaban J connectivity index is 3.40. The largest absolute Gasteiger partial charge is 0.394 e. The number of amides is 4. The fraction of sp³-hybridized carbons (Fsp3) is 0.812. The average Bonchev–Trinajstić information content (AvgIpc) is 2.98. The van der Waals surface area contributed by atoms with Gasteiger partial charge in [-0.05, 0) is 44.9 Å². The van der Waals surface area contributed by atoms with Crippen molar-refractivity contribution >= 4 is 35.7 Å². The summed E-state index contributed by atoms with van der Waals surface area (Å²) in [5, 5.41) is 33.0. The molecular weight excluding hydrogens is 598 g/mol. The Labute approximate surface area is 273 Å². The van der Waals surface area contributed by atoms with Gasteiger partial charge in [-0.2, -0.15) is 0 Å². The molecule has 1 aliphatic heterocycles. The molecule has 1 fully saturated rings. The lowest BCUT2D eigenvalue weighted by Gasteiger charge is -2.55. The molecule has 14 nitrogen and oxygen atoms in total. The molecule has 14 heteroatoms. The zero-order chi connectivity index (χ0) is 35.7. The maximum absolute atomic E-state index is 13.7. The molecule has 0 aromatic rings. The van der Waals surface area contributed by atoms with Crippen LogP contribution in [0.5, 0.6) is 0 Å². The molecule has 0 bridgehead atoms. The number of hydrogen-bond donors (Lipinski definition) is 6. The minimum Gasteiger partial charge on any atom is -0.394 e. The molecule has 0 saturated carbocycles. The van der Waals surface area contributed by atoms with Gasteiger partial charge in [-0.15, -0.1) is 0 Å². The third-order valence-corrected chi connectivity index (χ3v) is 9.22. The van der Waals surface area contributed by atoms with Crippen LogP contribution in [0.3, 0.4) is 0 Å². The Bertz CT molecular complexity index is 1100. The van der Waals surface area contributed by atoms with Crippen LogP contribution >= 0.6 is 0 Å². The lowest BCUT2D eigenvalue weighted by Crippen LogP contribution is -2.79. The van der Waals surface area contributed by atoms with E-state index in [0.29, 0.717) is 19.1 Å². The van der Waals surface area contributed by atoms with E-state index in [0.717, 1.165) is 6.92 Å². The van der Waals surface area contributed by atoms with Gasteiger partial charge in [0.2, 0.25) is 23.5 Å². The third-order valence-electron chi connectivity index (χ3n) is 9.22. The van der Waals surface area contributed by atoms with Crippen molar-refractivity contribution in [3.8, 4) is 0 Å². The van der Waals surface area contributed by atoms with Crippen molar-refractivity contribution in [2.45, 2.75) is 136 Å². The number of ketones is 1. The summed E-state index contributed by atoms with van der Waals surface area (Å²) in [6.07, 6.45) is 0.973. The van der Waals surface area contributed by atoms with Crippen molar-refractivity contribution in [2.24, 2.45) is 17.8 Å². The number of aliphatic hydroxyl groups is 2. The molecule has 0 radical (unpaired) electrons. The number of aliphatic hydroxyl groups excluding tert-OH is 1. The Hall–Kier alpha value is -2.94. The summed E-state index contributed by atoms with van der Waals surface area (Å²) in [5.41, 5.74) is -1.60. The van der Waals surface area contributed by atoms with Crippen LogP contribution in [-0.2, 0) is 33.5 Å². The first-order chi connectivity index (χ1) is 21.2. The molecule has 1 saturated heterocycles. The van der Waals surface area contributed by atoms with Crippen molar-refractivity contribution in [1.82, 2.24) is 26.2 Å². The topological polar surface area (TPSA) is 203 Å². The van der Waals surface area contributed by atoms with Gasteiger partial charge in [0.1, 0.15) is 18.4 Å². The van der Waals surface area contributed by atoms with E-state index < -0.39 is 83.7 Å². The highest BCUT2D eigenvalue weighted by molar-refractivity contribution is 6.07. The molecule has 0 aliphatic carbocycles. The van der Waals surface area contributed by atoms with E-state index in [9.17, 15) is 39.0 Å². The maximum atomic E-state index is 13.7. The summed E-state index contributed by atoms with van der Waals surface area (Å²) in [4.78, 5) is 78.7. The van der Waals surface area contributed by atoms with Crippen LogP contribution in [0.4, 0.5) is 0 Å². The molecule has 1 heterocycles. The summed E-state index contributed by atoms with van der Waals surface area (Å²) in [6, 6.07) is -5.73. The van der Waals surface area contributed by atoms with Crippen molar-refractivity contribution in [2.75, 3.05) is 13.7 Å². The Morgan fingerprint density at radius 3 is 1.96 bits per heavy atom. The second-order valence-corrected chi connectivity index (χ2v) is 13.4. The standard InChI is InChI=1S/C32H57N5O9/c1-12-18(5)25(34-30(44)27(19(6)13-2)37(11)22(9)41)28(42)35-26(20(7)40)29(43)33-24(14-17(3)4)32(45)31(10,16-39)36-23(15-38)21(8)46-32/h15,17-19,21,23-27,36,39,45H,12-14,16H2,1-11H3,(H,33,43)(H,34,44)(H,35,42)/t18-,19-,21+,23+,24-,25-,26-,27-,31-,32+/m0/s1. The maximum Gasteiger partial charge on any atom is 0.250 e. The van der Waals surface area contributed by atoms with Crippen LogP contribution in [0.15, 0.2) is 0 Å². The van der Waals surface area contributed by atoms with Crippen molar-refractivity contribution in [3.05, 3.63) is 0 Å². The molecule has 1 rings (SSSR count). The summed E-state index contributed by atoms with van der Waals surface area (Å²) < 4.78 is 5.92. The van der Waals surface area contributed by atoms with Gasteiger partial charge in [-0.25, -0.2) is 0 Å². The van der Waals surface area contributed by atoms with E-state index >= 15 is 0 Å². The van der Waals surface area contributed by atoms with Gasteiger partial charge in [-0.3, -0.25) is 29.3 Å². The number of likely N-dealkylation sites (N-methyl/N-ethyl adjacent to an activating group) is 1. The van der Waals surface area contributed by atoms with Crippen LogP contribution in [0, 0.1) is 17.8 Å². The lowest BCUT2D eigenvalue weighted by atomic mass is 9.79. The van der Waals surface area contributed by atoms with Gasteiger partial charge in [0, 0.05) is 14.0 Å². The highest BCUT2D eigenvalue weighted by atomic mass is 16.6. The number of nitrogens with zero attached hydrogens (tertiary/aromatic N) is 1. The monoisotopic (exact) mass is 655 g/mol. The zero-order valence-electron chi connectivity index (χ0n) is 29.3. The number of carbonyl (C=O) groups excluding carboxylic acids is 6. The summed E-state index contributed by atoms with van der Waals surface area (Å²) in [7, 11) is 1.52. The van der Waals surface area contributed by atoms with Gasteiger partial charge in [0.05, 0.1) is 30.3 Å². The van der Waals surface area contributed by atoms with Crippen molar-refractivity contribution in [1.29, 1.82) is 0 Å². The Morgan fingerprint density at radius 2 is 1.52 bits per heavy atom. The normalized spacial score (nSPS) is 26.9. The molecule has 264 valence electrons. The molecule has 6 N–H and O–H groups in total. The number of Topliss-reactive ketones (excluding diaryl/α,β-unsaturated/α-hetero) is 1. The molecule has 0 aromatic heterocycles. The lowest BCUT2D eigenvalue weighted by molar-refractivity contribution is -0.314. The van der Waals surface area contributed by atoms with Crippen LogP contribution in [-0.4, -0.2) is 112 Å². The van der Waals surface area contributed by atoms with E-state index in [4.69, 9.17) is 4.74 Å². The molecule has 4 amide bonds. The summed E-state index contributed by atoms with van der Waals surface area (Å²) in [5.74, 6) is -6.24. The first-order valence-electron chi connectivity index (χ1n) is 16.1. The fourth-order valence-electron chi connectivity index (χ4n) is 5.65. The smallest absolute Gasteiger partial charge is 0.250 e. The first-order valence-corrected chi connectivity index (χ1v) is 16.1. The van der Waals surface area contributed by atoms with Crippen LogP contribution in [0.2, 0.25) is 0 Å². The number of ether oxygens (including phenoxy) is 1. The minimum absolute atomic E-state index is 0.109. The van der Waals surface area contributed by atoms with E-state index in [1.165, 1.54) is 25.8 Å². The molecule has 0 unspecified atom stereocenters. The predicted molar refractivity (Wildman–Crippen MR) is 171 cm³/mol. The van der Waals surface area contributed by atoms with Gasteiger partial charge in [0.25, 0.3) is 5.91 Å². The molecule has 46 heavy (non-hydrogen) atoms. The van der Waals surface area contributed by atoms with Crippen LogP contribution in [0.25, 0.3) is 0 Å². The second kappa shape index (κ2) is 17.3. The zero-order valence-corrected chi connectivity index (χ0v) is 29.3. The highest BCUT2D eigenvalue weighted by Gasteiger charge is 2.59. The molecular formula is C32H57N5O9. The molecule has 0 spiro atoms. The highest BCUT2D eigenvalue weighted by Crippen LogP contribution is 2.36.